The first-order valence-corrected chi connectivity index (χ1v) is 6.89. The van der Waals surface area contributed by atoms with E-state index in [-0.39, 0.29) is 6.04 Å². The Kier molecular flexibility index (Phi) is 4.34. The lowest BCUT2D eigenvalue weighted by Gasteiger charge is -2.17. The molecule has 1 aromatic carbocycles. The van der Waals surface area contributed by atoms with Crippen LogP contribution in [0.15, 0.2) is 22.8 Å². The van der Waals surface area contributed by atoms with Crippen LogP contribution in [0.3, 0.4) is 0 Å². The molecule has 0 spiro atoms. The maximum absolute atomic E-state index is 5.68. The third kappa shape index (κ3) is 3.02. The molecule has 5 nitrogen and oxygen atoms in total. The largest absolute Gasteiger partial charge is 0.271 e. The van der Waals surface area contributed by atoms with E-state index in [0.29, 0.717) is 0 Å². The zero-order valence-corrected chi connectivity index (χ0v) is 12.9. The normalized spacial score (nSPS) is 12.7. The Morgan fingerprint density at radius 1 is 1.37 bits per heavy atom. The molecule has 0 saturated carbocycles. The van der Waals surface area contributed by atoms with E-state index in [1.807, 2.05) is 7.05 Å². The van der Waals surface area contributed by atoms with Gasteiger partial charge in [-0.3, -0.25) is 11.3 Å². The molecule has 0 amide bonds. The predicted octanol–water partition coefficient (Wildman–Crippen LogP) is 1.94. The molecule has 3 N–H and O–H groups in total. The van der Waals surface area contributed by atoms with Crippen LogP contribution in [0, 0.1) is 13.8 Å². The van der Waals surface area contributed by atoms with Gasteiger partial charge in [0.05, 0.1) is 11.7 Å². The first kappa shape index (κ1) is 14.2. The quantitative estimate of drug-likeness (QED) is 0.666. The minimum absolute atomic E-state index is 0.0310. The summed E-state index contributed by atoms with van der Waals surface area (Å²) >= 11 is 3.41. The highest BCUT2D eigenvalue weighted by molar-refractivity contribution is 9.10. The number of benzene rings is 1. The van der Waals surface area contributed by atoms with Crippen LogP contribution < -0.4 is 11.3 Å². The molecular formula is C13H18BrN5. The minimum Gasteiger partial charge on any atom is -0.271 e. The van der Waals surface area contributed by atoms with E-state index in [0.717, 1.165) is 16.7 Å². The molecule has 1 aromatic heterocycles. The van der Waals surface area contributed by atoms with Gasteiger partial charge in [-0.25, -0.2) is 4.68 Å². The summed E-state index contributed by atoms with van der Waals surface area (Å²) in [4.78, 5) is 0. The van der Waals surface area contributed by atoms with E-state index in [1.165, 1.54) is 16.7 Å². The van der Waals surface area contributed by atoms with Crippen molar-refractivity contribution in [3.05, 3.63) is 45.2 Å². The molecule has 0 fully saturated rings. The lowest BCUT2D eigenvalue weighted by atomic mass is 10.00. The Morgan fingerprint density at radius 2 is 2.11 bits per heavy atom. The molecule has 1 atom stereocenters. The monoisotopic (exact) mass is 323 g/mol. The fourth-order valence-corrected chi connectivity index (χ4v) is 2.71. The van der Waals surface area contributed by atoms with Crippen molar-refractivity contribution in [2.45, 2.75) is 26.3 Å². The highest BCUT2D eigenvalue weighted by Crippen LogP contribution is 2.24. The lowest BCUT2D eigenvalue weighted by Crippen LogP contribution is -2.31. The molecule has 19 heavy (non-hydrogen) atoms. The summed E-state index contributed by atoms with van der Waals surface area (Å²) in [5, 5.41) is 7.97. The number of aromatic nitrogens is 3. The molecule has 0 aliphatic heterocycles. The van der Waals surface area contributed by atoms with E-state index in [1.54, 1.807) is 4.68 Å². The predicted molar refractivity (Wildman–Crippen MR) is 78.4 cm³/mol. The average molecular weight is 324 g/mol. The Bertz CT molecular complexity index is 559. The van der Waals surface area contributed by atoms with Gasteiger partial charge in [-0.2, -0.15) is 0 Å². The molecule has 0 bridgehead atoms. The van der Waals surface area contributed by atoms with Crippen LogP contribution in [0.25, 0.3) is 0 Å². The van der Waals surface area contributed by atoms with Gasteiger partial charge >= 0.3 is 0 Å². The number of nitrogens with two attached hydrogens (primary N) is 1. The zero-order chi connectivity index (χ0) is 14.0. The van der Waals surface area contributed by atoms with Crippen LogP contribution >= 0.6 is 15.9 Å². The van der Waals surface area contributed by atoms with Crippen molar-refractivity contribution in [2.24, 2.45) is 12.9 Å². The summed E-state index contributed by atoms with van der Waals surface area (Å²) in [7, 11) is 1.86. The molecule has 102 valence electrons. The molecule has 0 aliphatic rings. The number of hydrogen-bond acceptors (Lipinski definition) is 4. The number of halogens is 1. The molecular weight excluding hydrogens is 306 g/mol. The van der Waals surface area contributed by atoms with Crippen molar-refractivity contribution < 1.29 is 0 Å². The molecule has 6 heteroatoms. The fourth-order valence-electron chi connectivity index (χ4n) is 2.11. The van der Waals surface area contributed by atoms with Crippen molar-refractivity contribution in [2.75, 3.05) is 0 Å². The highest BCUT2D eigenvalue weighted by atomic mass is 79.9. The van der Waals surface area contributed by atoms with E-state index < -0.39 is 0 Å². The summed E-state index contributed by atoms with van der Waals surface area (Å²) in [6.07, 6.45) is 0.789. The van der Waals surface area contributed by atoms with Crippen molar-refractivity contribution >= 4 is 15.9 Å². The number of aryl methyl sites for hydroxylation is 3. The Balaban J connectivity index is 2.26. The molecule has 0 aliphatic carbocycles. The smallest absolute Gasteiger partial charge is 0.153 e. The van der Waals surface area contributed by atoms with Crippen LogP contribution in [-0.2, 0) is 13.5 Å². The molecule has 1 heterocycles. The summed E-state index contributed by atoms with van der Waals surface area (Å²) in [6, 6.07) is 6.42. The van der Waals surface area contributed by atoms with Crippen molar-refractivity contribution in [1.82, 2.24) is 20.4 Å². The Morgan fingerprint density at radius 3 is 2.63 bits per heavy atom. The molecule has 0 radical (unpaired) electrons. The van der Waals surface area contributed by atoms with Crippen LogP contribution in [0.4, 0.5) is 0 Å². The van der Waals surface area contributed by atoms with E-state index in [9.17, 15) is 0 Å². The fraction of sp³-hybridized carbons (Fsp3) is 0.385. The molecule has 1 unspecified atom stereocenters. The van der Waals surface area contributed by atoms with Crippen molar-refractivity contribution in [3.63, 3.8) is 0 Å². The van der Waals surface area contributed by atoms with Gasteiger partial charge in [-0.15, -0.1) is 5.10 Å². The Labute approximate surface area is 121 Å². The second-order valence-electron chi connectivity index (χ2n) is 4.73. The minimum atomic E-state index is -0.0310. The average Bonchev–Trinajstić information content (AvgIpc) is 2.71. The van der Waals surface area contributed by atoms with Gasteiger partial charge in [0.2, 0.25) is 0 Å². The van der Waals surface area contributed by atoms with Gasteiger partial charge in [0.15, 0.2) is 4.60 Å². The maximum atomic E-state index is 5.68. The summed E-state index contributed by atoms with van der Waals surface area (Å²) < 4.78 is 2.46. The number of nitrogens with zero attached hydrogens (tertiary/aromatic N) is 3. The molecule has 2 rings (SSSR count). The topological polar surface area (TPSA) is 68.8 Å². The molecule has 0 saturated heterocycles. The first-order chi connectivity index (χ1) is 9.02. The van der Waals surface area contributed by atoms with Crippen LogP contribution in [-0.4, -0.2) is 15.0 Å². The third-order valence-corrected chi connectivity index (χ3v) is 3.93. The van der Waals surface area contributed by atoms with Crippen molar-refractivity contribution in [1.29, 1.82) is 0 Å². The standard InChI is InChI=1S/C13H18BrN5/c1-8-4-5-10(6-9(8)2)7-11(16-15)12-13(14)17-18-19(12)3/h4-6,11,16H,7,15H2,1-3H3. The van der Waals surface area contributed by atoms with Gasteiger partial charge in [0.25, 0.3) is 0 Å². The second-order valence-corrected chi connectivity index (χ2v) is 5.48. The summed E-state index contributed by atoms with van der Waals surface area (Å²) in [5.74, 6) is 5.68. The summed E-state index contributed by atoms with van der Waals surface area (Å²) in [5.41, 5.74) is 7.60. The SMILES string of the molecule is Cc1ccc(CC(NN)c2c(Br)nnn2C)cc1C. The van der Waals surface area contributed by atoms with E-state index >= 15 is 0 Å². The highest BCUT2D eigenvalue weighted by Gasteiger charge is 2.19. The van der Waals surface area contributed by atoms with Gasteiger partial charge in [-0.1, -0.05) is 23.4 Å². The first-order valence-electron chi connectivity index (χ1n) is 6.10. The van der Waals surface area contributed by atoms with E-state index in [4.69, 9.17) is 5.84 Å². The zero-order valence-electron chi connectivity index (χ0n) is 11.3. The number of rotatable bonds is 4. The maximum Gasteiger partial charge on any atom is 0.153 e. The van der Waals surface area contributed by atoms with Gasteiger partial charge in [-0.05, 0) is 52.9 Å². The summed E-state index contributed by atoms with van der Waals surface area (Å²) in [6.45, 7) is 4.23. The van der Waals surface area contributed by atoms with Gasteiger partial charge in [0.1, 0.15) is 0 Å². The second kappa shape index (κ2) is 5.81. The molecule has 2 aromatic rings. The van der Waals surface area contributed by atoms with Crippen LogP contribution in [0.5, 0.6) is 0 Å². The van der Waals surface area contributed by atoms with Crippen molar-refractivity contribution in [3.8, 4) is 0 Å². The van der Waals surface area contributed by atoms with E-state index in [2.05, 4.69) is 63.7 Å². The Hall–Kier alpha value is -1.24. The van der Waals surface area contributed by atoms with Crippen LogP contribution in [0.2, 0.25) is 0 Å². The lowest BCUT2D eigenvalue weighted by molar-refractivity contribution is 0.505. The third-order valence-electron chi connectivity index (χ3n) is 3.37. The van der Waals surface area contributed by atoms with Crippen LogP contribution in [0.1, 0.15) is 28.4 Å². The van der Waals surface area contributed by atoms with Gasteiger partial charge in [0, 0.05) is 7.05 Å². The number of hydrazine groups is 1. The van der Waals surface area contributed by atoms with Gasteiger partial charge < -0.3 is 0 Å². The number of hydrogen-bond donors (Lipinski definition) is 2. The number of nitrogens with one attached hydrogen (secondary N) is 1.